The van der Waals surface area contributed by atoms with Gasteiger partial charge in [-0.2, -0.15) is 13.2 Å². The standard InChI is InChI=1S/C24H30ClF3N4/c1-5-19(13-20(15-29-4)11-12-30-14-18(3)25)7-9-22(6-2)31-16-21-8-10-23(32-17-21)24(26,27)28/h5-10,12,14-15,17,29,31H,11,13,16H2,1-4H3/b9-7-,18-14+,19-5+,20-15+,22-6?,30-12-. The fourth-order valence-electron chi connectivity index (χ4n) is 2.59. The summed E-state index contributed by atoms with van der Waals surface area (Å²) in [5.74, 6) is 0. The highest BCUT2D eigenvalue weighted by Crippen LogP contribution is 2.27. The molecule has 2 N–H and O–H groups in total. The molecule has 0 aliphatic carbocycles. The number of pyridine rings is 1. The van der Waals surface area contributed by atoms with Crippen LogP contribution in [0.4, 0.5) is 13.2 Å². The first kappa shape index (κ1) is 27.2. The Hall–Kier alpha value is -2.80. The van der Waals surface area contributed by atoms with Crippen molar-refractivity contribution in [3.8, 4) is 0 Å². The van der Waals surface area contributed by atoms with Crippen LogP contribution in [-0.4, -0.2) is 18.2 Å². The average Bonchev–Trinajstić information content (AvgIpc) is 2.75. The Morgan fingerprint density at radius 3 is 2.47 bits per heavy atom. The highest BCUT2D eigenvalue weighted by molar-refractivity contribution is 6.29. The van der Waals surface area contributed by atoms with Gasteiger partial charge in [0.15, 0.2) is 0 Å². The number of allylic oxidation sites excluding steroid dienone is 7. The summed E-state index contributed by atoms with van der Waals surface area (Å²) >= 11 is 5.78. The van der Waals surface area contributed by atoms with Crippen molar-refractivity contribution in [1.29, 1.82) is 0 Å². The number of aromatic nitrogens is 1. The number of halogens is 4. The average molecular weight is 467 g/mol. The number of hydrogen-bond acceptors (Lipinski definition) is 4. The van der Waals surface area contributed by atoms with Crippen LogP contribution in [0.3, 0.4) is 0 Å². The normalized spacial score (nSPS) is 14.5. The molecule has 1 aromatic heterocycles. The van der Waals surface area contributed by atoms with E-state index in [4.69, 9.17) is 11.6 Å². The van der Waals surface area contributed by atoms with Gasteiger partial charge in [0.1, 0.15) is 5.69 Å². The number of hydrogen-bond donors (Lipinski definition) is 2. The molecule has 32 heavy (non-hydrogen) atoms. The van der Waals surface area contributed by atoms with E-state index in [1.807, 2.05) is 57.6 Å². The van der Waals surface area contributed by atoms with Crippen molar-refractivity contribution in [2.45, 2.75) is 46.3 Å². The zero-order valence-electron chi connectivity index (χ0n) is 18.8. The van der Waals surface area contributed by atoms with E-state index in [1.165, 1.54) is 12.3 Å². The largest absolute Gasteiger partial charge is 0.433 e. The summed E-state index contributed by atoms with van der Waals surface area (Å²) in [6.45, 7) is 6.01. The molecular weight excluding hydrogens is 437 g/mol. The van der Waals surface area contributed by atoms with Crippen molar-refractivity contribution in [2.75, 3.05) is 7.05 Å². The predicted molar refractivity (Wildman–Crippen MR) is 127 cm³/mol. The summed E-state index contributed by atoms with van der Waals surface area (Å²) in [4.78, 5) is 7.66. The van der Waals surface area contributed by atoms with Gasteiger partial charge in [-0.25, -0.2) is 0 Å². The summed E-state index contributed by atoms with van der Waals surface area (Å²) in [6.07, 6.45) is 11.5. The van der Waals surface area contributed by atoms with Gasteiger partial charge < -0.3 is 10.6 Å². The number of alkyl halides is 3. The quantitative estimate of drug-likeness (QED) is 0.283. The van der Waals surface area contributed by atoms with Crippen LogP contribution < -0.4 is 10.6 Å². The van der Waals surface area contributed by atoms with Crippen LogP contribution in [0.1, 0.15) is 44.9 Å². The van der Waals surface area contributed by atoms with Crippen LogP contribution in [0.15, 0.2) is 81.9 Å². The van der Waals surface area contributed by atoms with E-state index in [0.29, 0.717) is 23.6 Å². The lowest BCUT2D eigenvalue weighted by molar-refractivity contribution is -0.141. The molecule has 0 atom stereocenters. The molecule has 0 aliphatic rings. The van der Waals surface area contributed by atoms with E-state index in [1.54, 1.807) is 13.1 Å². The zero-order chi connectivity index (χ0) is 24.0. The van der Waals surface area contributed by atoms with E-state index in [2.05, 4.69) is 20.6 Å². The zero-order valence-corrected chi connectivity index (χ0v) is 19.6. The molecule has 0 aliphatic heterocycles. The summed E-state index contributed by atoms with van der Waals surface area (Å²) in [5.41, 5.74) is 2.89. The predicted octanol–water partition coefficient (Wildman–Crippen LogP) is 6.65. The molecule has 0 aromatic carbocycles. The second-order valence-corrected chi connectivity index (χ2v) is 7.46. The Kier molecular flexibility index (Phi) is 12.2. The van der Waals surface area contributed by atoms with Gasteiger partial charge in [0.25, 0.3) is 0 Å². The van der Waals surface area contributed by atoms with Gasteiger partial charge in [-0.05, 0) is 62.2 Å². The smallest absolute Gasteiger partial charge is 0.394 e. The topological polar surface area (TPSA) is 49.3 Å². The van der Waals surface area contributed by atoms with Crippen LogP contribution in [0.2, 0.25) is 0 Å². The van der Waals surface area contributed by atoms with Crippen LogP contribution >= 0.6 is 11.6 Å². The van der Waals surface area contributed by atoms with Gasteiger partial charge in [0.05, 0.1) is 0 Å². The van der Waals surface area contributed by atoms with Gasteiger partial charge in [-0.3, -0.25) is 9.98 Å². The Balaban J connectivity index is 2.72. The highest BCUT2D eigenvalue weighted by atomic mass is 35.5. The lowest BCUT2D eigenvalue weighted by Gasteiger charge is -2.10. The lowest BCUT2D eigenvalue weighted by atomic mass is 10.0. The Labute approximate surface area is 193 Å². The molecule has 0 unspecified atom stereocenters. The van der Waals surface area contributed by atoms with Crippen LogP contribution in [0, 0.1) is 0 Å². The molecule has 8 heteroatoms. The first-order chi connectivity index (χ1) is 15.2. The second kappa shape index (κ2) is 14.3. The van der Waals surface area contributed by atoms with Gasteiger partial charge in [0.2, 0.25) is 0 Å². The minimum absolute atomic E-state index is 0.370. The number of aliphatic imine (C=N–C) groups is 1. The minimum Gasteiger partial charge on any atom is -0.394 e. The molecule has 0 spiro atoms. The maximum absolute atomic E-state index is 12.6. The molecule has 0 saturated carbocycles. The third-order valence-corrected chi connectivity index (χ3v) is 4.36. The molecule has 0 bridgehead atoms. The molecular formula is C24H30ClF3N4. The van der Waals surface area contributed by atoms with Crippen LogP contribution in [0.5, 0.6) is 0 Å². The molecule has 0 radical (unpaired) electrons. The third kappa shape index (κ3) is 11.0. The second-order valence-electron chi connectivity index (χ2n) is 6.86. The Morgan fingerprint density at radius 2 is 1.94 bits per heavy atom. The van der Waals surface area contributed by atoms with Crippen molar-refractivity contribution in [3.05, 3.63) is 88.2 Å². The molecule has 0 amide bonds. The number of rotatable bonds is 11. The van der Waals surface area contributed by atoms with E-state index >= 15 is 0 Å². The lowest BCUT2D eigenvalue weighted by Crippen LogP contribution is -2.13. The van der Waals surface area contributed by atoms with Crippen molar-refractivity contribution < 1.29 is 13.2 Å². The maximum Gasteiger partial charge on any atom is 0.433 e. The fraction of sp³-hybridized carbons (Fsp3) is 0.333. The van der Waals surface area contributed by atoms with Crippen LogP contribution in [-0.2, 0) is 12.7 Å². The van der Waals surface area contributed by atoms with Gasteiger partial charge in [-0.1, -0.05) is 35.9 Å². The summed E-state index contributed by atoms with van der Waals surface area (Å²) < 4.78 is 37.9. The van der Waals surface area contributed by atoms with Gasteiger partial charge >= 0.3 is 6.18 Å². The molecule has 174 valence electrons. The van der Waals surface area contributed by atoms with Gasteiger partial charge in [-0.15, -0.1) is 0 Å². The number of nitrogens with zero attached hydrogens (tertiary/aromatic N) is 2. The minimum atomic E-state index is -4.43. The van der Waals surface area contributed by atoms with Crippen LogP contribution in [0.25, 0.3) is 0 Å². The molecule has 0 saturated heterocycles. The SMILES string of the molecule is CC=C(/C=C\C(=C/C)C/C(=C/NC)C/C=N\C=C(/C)Cl)NCc1ccc(C(F)(F)F)nc1. The number of nitrogens with one attached hydrogen (secondary N) is 2. The van der Waals surface area contributed by atoms with Crippen molar-refractivity contribution in [3.63, 3.8) is 0 Å². The fourth-order valence-corrected chi connectivity index (χ4v) is 2.64. The van der Waals surface area contributed by atoms with Crippen molar-refractivity contribution in [2.24, 2.45) is 4.99 Å². The maximum atomic E-state index is 12.6. The molecule has 1 aromatic rings. The van der Waals surface area contributed by atoms with E-state index < -0.39 is 11.9 Å². The molecule has 0 fully saturated rings. The molecule has 1 rings (SSSR count). The van der Waals surface area contributed by atoms with E-state index in [0.717, 1.165) is 29.3 Å². The summed E-state index contributed by atoms with van der Waals surface area (Å²) in [5, 5.41) is 6.89. The van der Waals surface area contributed by atoms with Gasteiger partial charge in [0, 0.05) is 49.4 Å². The summed E-state index contributed by atoms with van der Waals surface area (Å²) in [7, 11) is 1.85. The third-order valence-electron chi connectivity index (χ3n) is 4.26. The van der Waals surface area contributed by atoms with E-state index in [9.17, 15) is 13.2 Å². The first-order valence-electron chi connectivity index (χ1n) is 10.1. The Morgan fingerprint density at radius 1 is 1.19 bits per heavy atom. The monoisotopic (exact) mass is 466 g/mol. The summed E-state index contributed by atoms with van der Waals surface area (Å²) in [6, 6.07) is 2.41. The molecule has 1 heterocycles. The molecule has 4 nitrogen and oxygen atoms in total. The highest BCUT2D eigenvalue weighted by Gasteiger charge is 2.31. The first-order valence-corrected chi connectivity index (χ1v) is 10.5. The van der Waals surface area contributed by atoms with Crippen molar-refractivity contribution in [1.82, 2.24) is 15.6 Å². The van der Waals surface area contributed by atoms with E-state index in [-0.39, 0.29) is 0 Å². The van der Waals surface area contributed by atoms with Crippen molar-refractivity contribution >= 4 is 17.8 Å². The Bertz CT molecular complexity index is 889.